The van der Waals surface area contributed by atoms with Crippen LogP contribution < -0.4 is 0 Å². The molecule has 20 heavy (non-hydrogen) atoms. The second-order valence-electron chi connectivity index (χ2n) is 4.34. The monoisotopic (exact) mass is 448 g/mol. The molecular weight excluding hydrogens is 443 g/mol. The molecule has 0 aliphatic heterocycles. The van der Waals surface area contributed by atoms with Gasteiger partial charge in [-0.25, -0.2) is 0 Å². The van der Waals surface area contributed by atoms with E-state index in [0.29, 0.717) is 5.02 Å². The van der Waals surface area contributed by atoms with Gasteiger partial charge in [0.15, 0.2) is 0 Å². The molecule has 0 fully saturated rings. The van der Waals surface area contributed by atoms with Crippen LogP contribution in [0.4, 0.5) is 0 Å². The van der Waals surface area contributed by atoms with Crippen molar-refractivity contribution in [1.29, 1.82) is 0 Å². The van der Waals surface area contributed by atoms with Crippen molar-refractivity contribution in [2.24, 2.45) is 0 Å². The third-order valence-corrected chi connectivity index (χ3v) is 6.45. The average molecular weight is 451 g/mol. The van der Waals surface area contributed by atoms with E-state index in [2.05, 4.69) is 43.3 Å². The third kappa shape index (κ3) is 2.67. The Morgan fingerprint density at radius 1 is 1.00 bits per heavy atom. The van der Waals surface area contributed by atoms with E-state index >= 15 is 0 Å². The first-order valence-electron chi connectivity index (χ1n) is 5.82. The topological polar surface area (TPSA) is 0 Å². The molecule has 1 aromatic heterocycles. The zero-order valence-corrected chi connectivity index (χ0v) is 15.5. The Kier molecular flexibility index (Phi) is 4.44. The molecule has 3 aromatic rings. The van der Waals surface area contributed by atoms with E-state index in [1.54, 1.807) is 11.3 Å². The van der Waals surface area contributed by atoms with Crippen molar-refractivity contribution >= 4 is 76.5 Å². The summed E-state index contributed by atoms with van der Waals surface area (Å²) in [5.41, 5.74) is 2.15. The molecule has 1 unspecified atom stereocenters. The van der Waals surface area contributed by atoms with Crippen molar-refractivity contribution in [3.8, 4) is 0 Å². The largest absolute Gasteiger partial charge is 0.142 e. The minimum Gasteiger partial charge on any atom is -0.142 e. The lowest BCUT2D eigenvalue weighted by Gasteiger charge is -2.12. The number of thiophene rings is 1. The Labute approximate surface area is 148 Å². The van der Waals surface area contributed by atoms with Crippen molar-refractivity contribution < 1.29 is 0 Å². The summed E-state index contributed by atoms with van der Waals surface area (Å²) in [5, 5.41) is 3.80. The Morgan fingerprint density at radius 3 is 2.55 bits per heavy atom. The van der Waals surface area contributed by atoms with Crippen LogP contribution in [0.3, 0.4) is 0 Å². The van der Waals surface area contributed by atoms with Crippen LogP contribution in [0.5, 0.6) is 0 Å². The van der Waals surface area contributed by atoms with Crippen LogP contribution in [0.25, 0.3) is 10.1 Å². The smallest absolute Gasteiger partial charge is 0.0860 e. The Hall–Kier alpha value is -0.0600. The molecule has 0 amide bonds. The van der Waals surface area contributed by atoms with Crippen LogP contribution in [0.2, 0.25) is 5.02 Å². The standard InChI is InChI=1S/C15H8Br2Cl2S/c16-12-3-1-2-9-11(7-20-15(9)12)14(19)10-5-4-8(18)6-13(10)17/h1-7,14H. The maximum Gasteiger partial charge on any atom is 0.0860 e. The summed E-state index contributed by atoms with van der Waals surface area (Å²) in [4.78, 5) is 0. The van der Waals surface area contributed by atoms with Gasteiger partial charge in [0, 0.05) is 18.7 Å². The molecule has 2 aromatic carbocycles. The summed E-state index contributed by atoms with van der Waals surface area (Å²) in [6, 6.07) is 11.9. The highest BCUT2D eigenvalue weighted by Crippen LogP contribution is 2.42. The molecule has 0 saturated heterocycles. The minimum atomic E-state index is -0.204. The molecule has 3 rings (SSSR count). The summed E-state index contributed by atoms with van der Waals surface area (Å²) >= 11 is 21.5. The van der Waals surface area contributed by atoms with E-state index in [1.165, 1.54) is 10.1 Å². The number of rotatable bonds is 2. The van der Waals surface area contributed by atoms with Gasteiger partial charge in [-0.3, -0.25) is 0 Å². The van der Waals surface area contributed by atoms with Crippen molar-refractivity contribution in [3.05, 3.63) is 66.9 Å². The second kappa shape index (κ2) is 5.98. The van der Waals surface area contributed by atoms with Crippen molar-refractivity contribution in [1.82, 2.24) is 0 Å². The predicted molar refractivity (Wildman–Crippen MR) is 96.4 cm³/mol. The van der Waals surface area contributed by atoms with Crippen molar-refractivity contribution in [2.75, 3.05) is 0 Å². The van der Waals surface area contributed by atoms with Crippen LogP contribution in [-0.2, 0) is 0 Å². The molecule has 0 aliphatic rings. The molecule has 102 valence electrons. The lowest BCUT2D eigenvalue weighted by atomic mass is 10.0. The van der Waals surface area contributed by atoms with E-state index in [9.17, 15) is 0 Å². The molecule has 0 aliphatic carbocycles. The van der Waals surface area contributed by atoms with E-state index in [-0.39, 0.29) is 5.38 Å². The number of halogens is 4. The highest BCUT2D eigenvalue weighted by molar-refractivity contribution is 9.11. The van der Waals surface area contributed by atoms with Crippen molar-refractivity contribution in [3.63, 3.8) is 0 Å². The maximum atomic E-state index is 6.68. The van der Waals surface area contributed by atoms with Gasteiger partial charge in [0.25, 0.3) is 0 Å². The summed E-state index contributed by atoms with van der Waals surface area (Å²) in [7, 11) is 0. The number of hydrogen-bond acceptors (Lipinski definition) is 1. The first-order valence-corrected chi connectivity index (χ1v) is 9.10. The summed E-state index contributed by atoms with van der Waals surface area (Å²) in [6.07, 6.45) is 0. The van der Waals surface area contributed by atoms with Crippen molar-refractivity contribution in [2.45, 2.75) is 5.38 Å². The van der Waals surface area contributed by atoms with Crippen LogP contribution in [-0.4, -0.2) is 0 Å². The summed E-state index contributed by atoms with van der Waals surface area (Å²) in [6.45, 7) is 0. The highest BCUT2D eigenvalue weighted by atomic mass is 79.9. The van der Waals surface area contributed by atoms with Crippen LogP contribution in [0.1, 0.15) is 16.5 Å². The van der Waals surface area contributed by atoms with Gasteiger partial charge in [0.1, 0.15) is 0 Å². The first-order chi connectivity index (χ1) is 9.58. The highest BCUT2D eigenvalue weighted by Gasteiger charge is 2.18. The van der Waals surface area contributed by atoms with E-state index < -0.39 is 0 Å². The quantitative estimate of drug-likeness (QED) is 0.356. The Balaban J connectivity index is 2.13. The lowest BCUT2D eigenvalue weighted by molar-refractivity contribution is 1.16. The van der Waals surface area contributed by atoms with Crippen LogP contribution in [0, 0.1) is 0 Å². The minimum absolute atomic E-state index is 0.204. The predicted octanol–water partition coefficient (Wildman–Crippen LogP) is 7.41. The van der Waals surface area contributed by atoms with Gasteiger partial charge < -0.3 is 0 Å². The number of hydrogen-bond donors (Lipinski definition) is 0. The normalized spacial score (nSPS) is 12.8. The van der Waals surface area contributed by atoms with Gasteiger partial charge in [-0.15, -0.1) is 22.9 Å². The van der Waals surface area contributed by atoms with Crippen LogP contribution in [0.15, 0.2) is 50.7 Å². The number of alkyl halides is 1. The fourth-order valence-electron chi connectivity index (χ4n) is 2.11. The van der Waals surface area contributed by atoms with Gasteiger partial charge in [-0.1, -0.05) is 45.7 Å². The van der Waals surface area contributed by atoms with Crippen LogP contribution >= 0.6 is 66.4 Å². The van der Waals surface area contributed by atoms with E-state index in [0.717, 1.165) is 20.1 Å². The first kappa shape index (κ1) is 14.9. The van der Waals surface area contributed by atoms with E-state index in [4.69, 9.17) is 23.2 Å². The number of fused-ring (bicyclic) bond motifs is 1. The SMILES string of the molecule is Clc1ccc(C(Cl)c2csc3c(Br)cccc23)c(Br)c1. The Morgan fingerprint density at radius 2 is 1.80 bits per heavy atom. The van der Waals surface area contributed by atoms with Gasteiger partial charge in [-0.05, 0) is 56.0 Å². The van der Waals surface area contributed by atoms with Gasteiger partial charge >= 0.3 is 0 Å². The fraction of sp³-hybridized carbons (Fsp3) is 0.0667. The third-order valence-electron chi connectivity index (χ3n) is 3.09. The van der Waals surface area contributed by atoms with Gasteiger partial charge in [0.05, 0.1) is 5.38 Å². The van der Waals surface area contributed by atoms with E-state index in [1.807, 2.05) is 30.3 Å². The lowest BCUT2D eigenvalue weighted by Crippen LogP contribution is -1.93. The molecule has 1 atom stereocenters. The van der Waals surface area contributed by atoms with Gasteiger partial charge in [-0.2, -0.15) is 0 Å². The molecule has 5 heteroatoms. The fourth-order valence-corrected chi connectivity index (χ4v) is 5.25. The molecule has 0 saturated carbocycles. The molecule has 0 N–H and O–H groups in total. The molecular formula is C15H8Br2Cl2S. The molecule has 1 heterocycles. The zero-order chi connectivity index (χ0) is 14.3. The molecule has 0 spiro atoms. The van der Waals surface area contributed by atoms with Gasteiger partial charge in [0.2, 0.25) is 0 Å². The second-order valence-corrected chi connectivity index (χ2v) is 7.80. The number of benzene rings is 2. The summed E-state index contributed by atoms with van der Waals surface area (Å²) in [5.74, 6) is 0. The zero-order valence-electron chi connectivity index (χ0n) is 10.0. The molecule has 0 nitrogen and oxygen atoms in total. The molecule has 0 radical (unpaired) electrons. The summed E-state index contributed by atoms with van der Waals surface area (Å²) < 4.78 is 3.25. The average Bonchev–Trinajstić information content (AvgIpc) is 2.83. The molecule has 0 bridgehead atoms. The Bertz CT molecular complexity index is 783. The maximum absolute atomic E-state index is 6.68.